The minimum absolute atomic E-state index is 0. The highest BCUT2D eigenvalue weighted by Crippen LogP contribution is 2.25. The van der Waals surface area contributed by atoms with Crippen LogP contribution in [-0.2, 0) is 4.79 Å². The minimum atomic E-state index is -4.20. The molecular weight excluding hydrogens is 474 g/mol. The van der Waals surface area contributed by atoms with E-state index in [0.717, 1.165) is 12.8 Å². The van der Waals surface area contributed by atoms with E-state index in [2.05, 4.69) is 15.6 Å². The molecule has 1 aliphatic carbocycles. The average Bonchev–Trinajstić information content (AvgIpc) is 3.10. The van der Waals surface area contributed by atoms with Gasteiger partial charge in [-0.25, -0.2) is 0 Å². The summed E-state index contributed by atoms with van der Waals surface area (Å²) in [6.07, 6.45) is 0.627. The number of hydrogen-bond acceptors (Lipinski definition) is 3. The molecule has 0 bridgehead atoms. The zero-order chi connectivity index (χ0) is 19.2. The summed E-state index contributed by atoms with van der Waals surface area (Å²) in [7, 11) is 1.64. The number of alkyl halides is 3. The molecule has 2 fully saturated rings. The first-order valence-corrected chi connectivity index (χ1v) is 9.37. The van der Waals surface area contributed by atoms with Crippen LogP contribution in [0.5, 0.6) is 0 Å². The number of carbonyl (C=O) groups is 1. The van der Waals surface area contributed by atoms with Gasteiger partial charge in [0.1, 0.15) is 6.04 Å². The van der Waals surface area contributed by atoms with Crippen molar-refractivity contribution in [3.05, 3.63) is 0 Å². The van der Waals surface area contributed by atoms with E-state index >= 15 is 0 Å². The molecule has 0 aromatic heterocycles. The fraction of sp³-hybridized carbons (Fsp3) is 0.882. The highest BCUT2D eigenvalue weighted by Gasteiger charge is 2.41. The predicted molar refractivity (Wildman–Crippen MR) is 110 cm³/mol. The second-order valence-corrected chi connectivity index (χ2v) is 7.01. The largest absolute Gasteiger partial charge is 0.403 e. The van der Waals surface area contributed by atoms with Gasteiger partial charge in [0.2, 0.25) is 5.91 Å². The Kier molecular flexibility index (Phi) is 10.1. The summed E-state index contributed by atoms with van der Waals surface area (Å²) in [5.74, 6) is 0.668. The molecule has 0 aromatic rings. The molecule has 10 heteroatoms. The van der Waals surface area contributed by atoms with Gasteiger partial charge in [-0.15, -0.1) is 24.0 Å². The van der Waals surface area contributed by atoms with Gasteiger partial charge in [-0.3, -0.25) is 14.7 Å². The molecule has 1 amide bonds. The highest BCUT2D eigenvalue weighted by atomic mass is 127. The van der Waals surface area contributed by atoms with Crippen LogP contribution >= 0.6 is 24.0 Å². The van der Waals surface area contributed by atoms with Crippen molar-refractivity contribution in [1.82, 2.24) is 20.4 Å². The Morgan fingerprint density at radius 2 is 1.78 bits per heavy atom. The summed E-state index contributed by atoms with van der Waals surface area (Å²) < 4.78 is 38.4. The number of nitrogens with zero attached hydrogens (tertiary/aromatic N) is 3. The average molecular weight is 505 g/mol. The van der Waals surface area contributed by atoms with Crippen molar-refractivity contribution < 1.29 is 18.0 Å². The zero-order valence-corrected chi connectivity index (χ0v) is 18.3. The Labute approximate surface area is 176 Å². The molecule has 1 atom stereocenters. The summed E-state index contributed by atoms with van der Waals surface area (Å²) in [4.78, 5) is 19.5. The second kappa shape index (κ2) is 11.3. The van der Waals surface area contributed by atoms with E-state index < -0.39 is 12.2 Å². The van der Waals surface area contributed by atoms with Gasteiger partial charge in [0.05, 0.1) is 0 Å². The monoisotopic (exact) mass is 505 g/mol. The minimum Gasteiger partial charge on any atom is -0.356 e. The summed E-state index contributed by atoms with van der Waals surface area (Å²) in [5, 5.41) is 6.18. The Bertz CT molecular complexity index is 489. The Balaban J connectivity index is 0.00000364. The van der Waals surface area contributed by atoms with Gasteiger partial charge in [0.25, 0.3) is 0 Å². The molecule has 2 N–H and O–H groups in total. The van der Waals surface area contributed by atoms with Gasteiger partial charge >= 0.3 is 6.18 Å². The van der Waals surface area contributed by atoms with Crippen LogP contribution in [0, 0.1) is 0 Å². The lowest BCUT2D eigenvalue weighted by Crippen LogP contribution is -2.56. The smallest absolute Gasteiger partial charge is 0.356 e. The summed E-state index contributed by atoms with van der Waals surface area (Å²) in [6.45, 7) is 3.30. The maximum atomic E-state index is 12.8. The van der Waals surface area contributed by atoms with Crippen molar-refractivity contribution in [2.24, 2.45) is 4.99 Å². The molecule has 1 unspecified atom stereocenters. The van der Waals surface area contributed by atoms with Crippen LogP contribution in [0.15, 0.2) is 4.99 Å². The van der Waals surface area contributed by atoms with E-state index in [0.29, 0.717) is 51.1 Å². The van der Waals surface area contributed by atoms with Crippen LogP contribution in [-0.4, -0.2) is 79.7 Å². The predicted octanol–water partition coefficient (Wildman–Crippen LogP) is 2.20. The standard InChI is InChI=1S/C17H30F3N5O.HI/c1-13(17(18,19)20)24-9-11-25(12-10-24)16(21-2)22-8-7-15(26)23-14-5-3-4-6-14;/h13-14H,3-12H2,1-2H3,(H,21,22)(H,23,26);1H. The topological polar surface area (TPSA) is 60.0 Å². The Morgan fingerprint density at radius 1 is 1.19 bits per heavy atom. The molecular formula is C17H31F3IN5O. The summed E-state index contributed by atoms with van der Waals surface area (Å²) >= 11 is 0. The van der Waals surface area contributed by atoms with E-state index in [1.54, 1.807) is 7.05 Å². The molecule has 2 rings (SSSR count). The SMILES string of the molecule is CN=C(NCCC(=O)NC1CCCC1)N1CCN(C(C)C(F)(F)F)CC1.I. The van der Waals surface area contributed by atoms with Crippen molar-refractivity contribution in [2.75, 3.05) is 39.8 Å². The maximum Gasteiger partial charge on any atom is 0.403 e. The quantitative estimate of drug-likeness (QED) is 0.342. The number of rotatable bonds is 5. The highest BCUT2D eigenvalue weighted by molar-refractivity contribution is 14.0. The third kappa shape index (κ3) is 7.63. The van der Waals surface area contributed by atoms with Crippen LogP contribution in [0.3, 0.4) is 0 Å². The molecule has 2 aliphatic rings. The Morgan fingerprint density at radius 3 is 2.30 bits per heavy atom. The van der Waals surface area contributed by atoms with Crippen molar-refractivity contribution in [1.29, 1.82) is 0 Å². The number of piperazine rings is 1. The Hall–Kier alpha value is -0.780. The molecule has 1 saturated carbocycles. The molecule has 27 heavy (non-hydrogen) atoms. The number of carbonyl (C=O) groups excluding carboxylic acids is 1. The molecule has 0 aromatic carbocycles. The third-order valence-corrected chi connectivity index (χ3v) is 5.20. The van der Waals surface area contributed by atoms with E-state index in [9.17, 15) is 18.0 Å². The number of amides is 1. The van der Waals surface area contributed by atoms with E-state index in [1.807, 2.05) is 4.90 Å². The number of hydrogen-bond donors (Lipinski definition) is 2. The second-order valence-electron chi connectivity index (χ2n) is 7.01. The lowest BCUT2D eigenvalue weighted by atomic mass is 10.2. The van der Waals surface area contributed by atoms with E-state index in [-0.39, 0.29) is 29.9 Å². The molecule has 0 spiro atoms. The summed E-state index contributed by atoms with van der Waals surface area (Å²) in [6, 6.07) is -1.12. The van der Waals surface area contributed by atoms with Crippen LogP contribution < -0.4 is 10.6 Å². The fourth-order valence-corrected chi connectivity index (χ4v) is 3.52. The molecule has 6 nitrogen and oxygen atoms in total. The molecule has 1 aliphatic heterocycles. The zero-order valence-electron chi connectivity index (χ0n) is 16.0. The normalized spacial score (nSPS) is 20.9. The van der Waals surface area contributed by atoms with Crippen LogP contribution in [0.2, 0.25) is 0 Å². The number of halogens is 4. The van der Waals surface area contributed by atoms with Gasteiger partial charge in [-0.1, -0.05) is 12.8 Å². The third-order valence-electron chi connectivity index (χ3n) is 5.20. The lowest BCUT2D eigenvalue weighted by Gasteiger charge is -2.39. The van der Waals surface area contributed by atoms with E-state index in [4.69, 9.17) is 0 Å². The molecule has 1 heterocycles. The molecule has 0 radical (unpaired) electrons. The fourth-order valence-electron chi connectivity index (χ4n) is 3.52. The van der Waals surface area contributed by atoms with Crippen molar-refractivity contribution in [2.45, 2.75) is 57.3 Å². The van der Waals surface area contributed by atoms with Gasteiger partial charge in [0.15, 0.2) is 5.96 Å². The number of aliphatic imine (C=N–C) groups is 1. The van der Waals surface area contributed by atoms with Gasteiger partial charge < -0.3 is 15.5 Å². The van der Waals surface area contributed by atoms with Crippen molar-refractivity contribution >= 4 is 35.8 Å². The van der Waals surface area contributed by atoms with Gasteiger partial charge in [-0.2, -0.15) is 13.2 Å². The molecule has 158 valence electrons. The van der Waals surface area contributed by atoms with Crippen LogP contribution in [0.25, 0.3) is 0 Å². The first kappa shape index (κ1) is 24.3. The van der Waals surface area contributed by atoms with Crippen LogP contribution in [0.1, 0.15) is 39.0 Å². The van der Waals surface area contributed by atoms with Gasteiger partial charge in [0, 0.05) is 52.2 Å². The van der Waals surface area contributed by atoms with Gasteiger partial charge in [-0.05, 0) is 19.8 Å². The lowest BCUT2D eigenvalue weighted by molar-refractivity contribution is -0.181. The first-order valence-electron chi connectivity index (χ1n) is 9.37. The van der Waals surface area contributed by atoms with Crippen LogP contribution in [0.4, 0.5) is 13.2 Å². The van der Waals surface area contributed by atoms with Crippen molar-refractivity contribution in [3.63, 3.8) is 0 Å². The summed E-state index contributed by atoms with van der Waals surface area (Å²) in [5.41, 5.74) is 0. The molecule has 1 saturated heterocycles. The first-order chi connectivity index (χ1) is 12.3. The maximum absolute atomic E-state index is 12.8. The number of nitrogens with one attached hydrogen (secondary N) is 2. The van der Waals surface area contributed by atoms with Crippen molar-refractivity contribution in [3.8, 4) is 0 Å². The van der Waals surface area contributed by atoms with E-state index in [1.165, 1.54) is 24.7 Å². The number of guanidine groups is 1.